The van der Waals surface area contributed by atoms with Crippen LogP contribution in [0.1, 0.15) is 29.8 Å². The number of rotatable bonds is 4. The Kier molecular flexibility index (Phi) is 3.62. The predicted octanol–water partition coefficient (Wildman–Crippen LogP) is 2.10. The molecule has 0 N–H and O–H groups in total. The van der Waals surface area contributed by atoms with Crippen molar-refractivity contribution >= 4 is 12.2 Å². The molecule has 2 rings (SSSR count). The summed E-state index contributed by atoms with van der Waals surface area (Å²) in [5.41, 5.74) is 0. The van der Waals surface area contributed by atoms with Crippen LogP contribution in [0.15, 0.2) is 16.5 Å². The standard InChI is InChI=1S/C12H17NO3/c1-13(8-10-4-2-3-7-15-10)12-6-5-11(9-14)16-12/h5-6,9-10H,2-4,7-8H2,1H3. The average molecular weight is 223 g/mol. The van der Waals surface area contributed by atoms with Crippen LogP contribution in [0.2, 0.25) is 0 Å². The SMILES string of the molecule is CN(CC1CCCCO1)c1ccc(C=O)o1. The molecule has 1 saturated heterocycles. The van der Waals surface area contributed by atoms with Crippen molar-refractivity contribution in [3.05, 3.63) is 17.9 Å². The maximum atomic E-state index is 10.5. The number of hydrogen-bond acceptors (Lipinski definition) is 4. The zero-order valence-electron chi connectivity index (χ0n) is 9.52. The molecule has 0 radical (unpaired) electrons. The number of carbonyl (C=O) groups is 1. The highest BCUT2D eigenvalue weighted by Crippen LogP contribution is 2.19. The first kappa shape index (κ1) is 11.2. The monoisotopic (exact) mass is 223 g/mol. The molecule has 1 aromatic heterocycles. The highest BCUT2D eigenvalue weighted by Gasteiger charge is 2.17. The van der Waals surface area contributed by atoms with Gasteiger partial charge in [0, 0.05) is 26.3 Å². The van der Waals surface area contributed by atoms with E-state index >= 15 is 0 Å². The van der Waals surface area contributed by atoms with Crippen LogP contribution in [0.25, 0.3) is 0 Å². The van der Waals surface area contributed by atoms with E-state index < -0.39 is 0 Å². The number of likely N-dealkylation sites (N-methyl/N-ethyl adjacent to an activating group) is 1. The van der Waals surface area contributed by atoms with Crippen molar-refractivity contribution in [3.63, 3.8) is 0 Å². The number of anilines is 1. The first-order chi connectivity index (χ1) is 7.79. The summed E-state index contributed by atoms with van der Waals surface area (Å²) in [7, 11) is 1.95. The second kappa shape index (κ2) is 5.16. The van der Waals surface area contributed by atoms with Crippen molar-refractivity contribution in [3.8, 4) is 0 Å². The highest BCUT2D eigenvalue weighted by atomic mass is 16.5. The highest BCUT2D eigenvalue weighted by molar-refractivity contribution is 5.71. The van der Waals surface area contributed by atoms with E-state index in [0.29, 0.717) is 12.0 Å². The first-order valence-electron chi connectivity index (χ1n) is 5.67. The van der Waals surface area contributed by atoms with E-state index in [0.717, 1.165) is 31.9 Å². The Morgan fingerprint density at radius 2 is 2.38 bits per heavy atom. The maximum absolute atomic E-state index is 10.5. The molecular formula is C12H17NO3. The van der Waals surface area contributed by atoms with Gasteiger partial charge in [-0.3, -0.25) is 4.79 Å². The Labute approximate surface area is 95.2 Å². The summed E-state index contributed by atoms with van der Waals surface area (Å²) < 4.78 is 11.0. The molecule has 0 bridgehead atoms. The summed E-state index contributed by atoms with van der Waals surface area (Å²) in [6.45, 7) is 1.67. The van der Waals surface area contributed by atoms with E-state index in [-0.39, 0.29) is 6.10 Å². The van der Waals surface area contributed by atoms with Gasteiger partial charge in [0.25, 0.3) is 0 Å². The normalized spacial score (nSPS) is 20.7. The smallest absolute Gasteiger partial charge is 0.196 e. The second-order valence-corrected chi connectivity index (χ2v) is 4.16. The molecule has 16 heavy (non-hydrogen) atoms. The van der Waals surface area contributed by atoms with Gasteiger partial charge in [-0.15, -0.1) is 0 Å². The summed E-state index contributed by atoms with van der Waals surface area (Å²) >= 11 is 0. The molecule has 4 heteroatoms. The lowest BCUT2D eigenvalue weighted by molar-refractivity contribution is 0.0212. The van der Waals surface area contributed by atoms with Gasteiger partial charge in [-0.25, -0.2) is 0 Å². The second-order valence-electron chi connectivity index (χ2n) is 4.16. The summed E-state index contributed by atoms with van der Waals surface area (Å²) in [4.78, 5) is 12.5. The lowest BCUT2D eigenvalue weighted by Crippen LogP contribution is -2.33. The number of nitrogens with zero attached hydrogens (tertiary/aromatic N) is 1. The molecule has 1 aliphatic heterocycles. The summed E-state index contributed by atoms with van der Waals surface area (Å²) in [5.74, 6) is 1.09. The topological polar surface area (TPSA) is 42.7 Å². The molecule has 0 aromatic carbocycles. The van der Waals surface area contributed by atoms with Gasteiger partial charge in [-0.05, 0) is 25.3 Å². The average Bonchev–Trinajstić information content (AvgIpc) is 2.79. The van der Waals surface area contributed by atoms with Crippen molar-refractivity contribution < 1.29 is 13.9 Å². The quantitative estimate of drug-likeness (QED) is 0.733. The minimum absolute atomic E-state index is 0.281. The van der Waals surface area contributed by atoms with Gasteiger partial charge < -0.3 is 14.1 Å². The van der Waals surface area contributed by atoms with E-state index in [4.69, 9.17) is 9.15 Å². The number of carbonyl (C=O) groups excluding carboxylic acids is 1. The number of ether oxygens (including phenoxy) is 1. The number of furan rings is 1. The zero-order valence-corrected chi connectivity index (χ0v) is 9.52. The van der Waals surface area contributed by atoms with Gasteiger partial charge >= 0.3 is 0 Å². The van der Waals surface area contributed by atoms with Crippen molar-refractivity contribution in [1.29, 1.82) is 0 Å². The van der Waals surface area contributed by atoms with Gasteiger partial charge in [0.2, 0.25) is 0 Å². The summed E-state index contributed by atoms with van der Waals surface area (Å²) in [6.07, 6.45) is 4.50. The largest absolute Gasteiger partial charge is 0.438 e. The maximum Gasteiger partial charge on any atom is 0.196 e. The third-order valence-electron chi connectivity index (χ3n) is 2.86. The lowest BCUT2D eigenvalue weighted by Gasteiger charge is -2.27. The van der Waals surface area contributed by atoms with Crippen molar-refractivity contribution in [2.24, 2.45) is 0 Å². The van der Waals surface area contributed by atoms with E-state index in [1.54, 1.807) is 6.07 Å². The van der Waals surface area contributed by atoms with Crippen LogP contribution in [0.5, 0.6) is 0 Å². The molecule has 88 valence electrons. The Balaban J connectivity index is 1.90. The molecule has 1 atom stereocenters. The molecule has 0 spiro atoms. The minimum Gasteiger partial charge on any atom is -0.438 e. The molecule has 0 saturated carbocycles. The fourth-order valence-corrected chi connectivity index (χ4v) is 1.96. The van der Waals surface area contributed by atoms with Crippen LogP contribution in [-0.2, 0) is 4.74 Å². The summed E-state index contributed by atoms with van der Waals surface area (Å²) in [5, 5.41) is 0. The van der Waals surface area contributed by atoms with Crippen molar-refractivity contribution in [2.45, 2.75) is 25.4 Å². The number of aldehydes is 1. The molecule has 4 nitrogen and oxygen atoms in total. The van der Waals surface area contributed by atoms with Crippen LogP contribution in [0, 0.1) is 0 Å². The molecule has 0 aliphatic carbocycles. The number of hydrogen-bond donors (Lipinski definition) is 0. The Hall–Kier alpha value is -1.29. The Morgan fingerprint density at radius 3 is 3.00 bits per heavy atom. The van der Waals surface area contributed by atoms with E-state index in [9.17, 15) is 4.79 Å². The molecule has 0 amide bonds. The Bertz CT molecular complexity index is 342. The summed E-state index contributed by atoms with van der Waals surface area (Å²) in [6, 6.07) is 3.49. The molecular weight excluding hydrogens is 206 g/mol. The van der Waals surface area contributed by atoms with Crippen LogP contribution >= 0.6 is 0 Å². The van der Waals surface area contributed by atoms with E-state index in [2.05, 4.69) is 0 Å². The minimum atomic E-state index is 0.281. The molecule has 1 aromatic rings. The van der Waals surface area contributed by atoms with E-state index in [1.807, 2.05) is 18.0 Å². The predicted molar refractivity (Wildman–Crippen MR) is 61.0 cm³/mol. The third kappa shape index (κ3) is 2.64. The Morgan fingerprint density at radius 1 is 1.50 bits per heavy atom. The lowest BCUT2D eigenvalue weighted by atomic mass is 10.1. The fraction of sp³-hybridized carbons (Fsp3) is 0.583. The molecule has 2 heterocycles. The van der Waals surface area contributed by atoms with Crippen LogP contribution in [0.4, 0.5) is 5.88 Å². The molecule has 1 aliphatic rings. The van der Waals surface area contributed by atoms with Gasteiger partial charge in [-0.1, -0.05) is 0 Å². The zero-order chi connectivity index (χ0) is 11.4. The van der Waals surface area contributed by atoms with Gasteiger partial charge in [-0.2, -0.15) is 0 Å². The first-order valence-corrected chi connectivity index (χ1v) is 5.67. The van der Waals surface area contributed by atoms with E-state index in [1.165, 1.54) is 6.42 Å². The van der Waals surface area contributed by atoms with Crippen molar-refractivity contribution in [1.82, 2.24) is 0 Å². The molecule has 1 unspecified atom stereocenters. The van der Waals surface area contributed by atoms with Crippen LogP contribution in [-0.4, -0.2) is 32.6 Å². The molecule has 1 fully saturated rings. The van der Waals surface area contributed by atoms with Gasteiger partial charge in [0.05, 0.1) is 6.10 Å². The fourth-order valence-electron chi connectivity index (χ4n) is 1.96. The third-order valence-corrected chi connectivity index (χ3v) is 2.86. The van der Waals surface area contributed by atoms with Gasteiger partial charge in [0.1, 0.15) is 0 Å². The van der Waals surface area contributed by atoms with Crippen LogP contribution in [0.3, 0.4) is 0 Å². The van der Waals surface area contributed by atoms with Crippen molar-refractivity contribution in [2.75, 3.05) is 25.1 Å². The van der Waals surface area contributed by atoms with Crippen LogP contribution < -0.4 is 4.90 Å². The van der Waals surface area contributed by atoms with Gasteiger partial charge in [0.15, 0.2) is 17.9 Å².